The molecule has 0 saturated heterocycles. The van der Waals surface area contributed by atoms with Crippen LogP contribution in [0.4, 0.5) is 0 Å². The number of carboxylic acid groups (broad SMARTS) is 1. The minimum Gasteiger partial charge on any atom is -0.545 e. The second-order valence-corrected chi connectivity index (χ2v) is 5.73. The molecule has 1 heterocycles. The van der Waals surface area contributed by atoms with Gasteiger partial charge in [0.1, 0.15) is 11.3 Å². The van der Waals surface area contributed by atoms with Gasteiger partial charge in [-0.25, -0.2) is 4.98 Å². The second kappa shape index (κ2) is 5.91. The predicted octanol–water partition coefficient (Wildman–Crippen LogP) is 3.43. The summed E-state index contributed by atoms with van der Waals surface area (Å²) in [4.78, 5) is 16.4. The van der Waals surface area contributed by atoms with E-state index in [1.54, 1.807) is 31.4 Å². The summed E-state index contributed by atoms with van der Waals surface area (Å²) in [7, 11) is 1.54. The van der Waals surface area contributed by atoms with E-state index < -0.39 is 5.97 Å². The molecule has 0 spiro atoms. The van der Waals surface area contributed by atoms with Gasteiger partial charge < -0.3 is 14.6 Å². The topological polar surface area (TPSA) is 62.2 Å². The van der Waals surface area contributed by atoms with Crippen LogP contribution in [0.5, 0.6) is 5.75 Å². The van der Waals surface area contributed by atoms with Gasteiger partial charge in [-0.05, 0) is 22.9 Å². The molecule has 0 aliphatic rings. The number of methoxy groups -OCH3 is 1. The van der Waals surface area contributed by atoms with Crippen molar-refractivity contribution in [3.63, 3.8) is 0 Å². The van der Waals surface area contributed by atoms with Crippen LogP contribution in [0, 0.1) is 0 Å². The summed E-state index contributed by atoms with van der Waals surface area (Å²) >= 11 is 0. The molecule has 0 unspecified atom stereocenters. The van der Waals surface area contributed by atoms with E-state index in [0.717, 1.165) is 16.3 Å². The fourth-order valence-electron chi connectivity index (χ4n) is 3.14. The lowest BCUT2D eigenvalue weighted by molar-refractivity contribution is -0.254. The van der Waals surface area contributed by atoms with Gasteiger partial charge in [-0.1, -0.05) is 54.6 Å². The molecule has 0 radical (unpaired) electrons. The Kier molecular flexibility index (Phi) is 3.58. The van der Waals surface area contributed by atoms with Gasteiger partial charge in [-0.2, -0.15) is 0 Å². The van der Waals surface area contributed by atoms with E-state index in [2.05, 4.69) is 0 Å². The number of nitrogens with zero attached hydrogens (tertiary/aromatic N) is 1. The summed E-state index contributed by atoms with van der Waals surface area (Å²) in [6, 6.07) is 20.6. The summed E-state index contributed by atoms with van der Waals surface area (Å²) in [6.07, 6.45) is 0. The molecular formula is C21H14NO3-. The van der Waals surface area contributed by atoms with E-state index in [0.29, 0.717) is 22.3 Å². The maximum absolute atomic E-state index is 11.7. The minimum absolute atomic E-state index is 0.104. The molecule has 0 saturated carbocycles. The second-order valence-electron chi connectivity index (χ2n) is 5.73. The lowest BCUT2D eigenvalue weighted by Gasteiger charge is -2.14. The van der Waals surface area contributed by atoms with Gasteiger partial charge in [-0.3, -0.25) is 0 Å². The monoisotopic (exact) mass is 328 g/mol. The molecule has 0 aliphatic heterocycles. The van der Waals surface area contributed by atoms with Crippen LogP contribution in [0.15, 0.2) is 66.7 Å². The van der Waals surface area contributed by atoms with Crippen molar-refractivity contribution in [2.24, 2.45) is 0 Å². The number of benzene rings is 3. The van der Waals surface area contributed by atoms with Crippen LogP contribution in [0.3, 0.4) is 0 Å². The van der Waals surface area contributed by atoms with Gasteiger partial charge in [0.15, 0.2) is 0 Å². The number of hydrogen-bond donors (Lipinski definition) is 0. The summed E-state index contributed by atoms with van der Waals surface area (Å²) in [5.41, 5.74) is 2.06. The minimum atomic E-state index is -1.23. The van der Waals surface area contributed by atoms with Crippen molar-refractivity contribution in [2.45, 2.75) is 0 Å². The molecule has 0 N–H and O–H groups in total. The third-order valence-corrected chi connectivity index (χ3v) is 4.31. The normalized spacial score (nSPS) is 10.9. The Morgan fingerprint density at radius 1 is 0.960 bits per heavy atom. The quantitative estimate of drug-likeness (QED) is 0.578. The zero-order valence-corrected chi connectivity index (χ0v) is 13.5. The van der Waals surface area contributed by atoms with Gasteiger partial charge >= 0.3 is 0 Å². The number of carbonyl (C=O) groups is 1. The first-order valence-electron chi connectivity index (χ1n) is 7.86. The van der Waals surface area contributed by atoms with Crippen molar-refractivity contribution in [3.05, 3.63) is 72.3 Å². The third-order valence-electron chi connectivity index (χ3n) is 4.31. The summed E-state index contributed by atoms with van der Waals surface area (Å²) < 4.78 is 5.36. The first kappa shape index (κ1) is 15.1. The van der Waals surface area contributed by atoms with E-state index >= 15 is 0 Å². The fraction of sp³-hybridized carbons (Fsp3) is 0.0476. The van der Waals surface area contributed by atoms with Crippen molar-refractivity contribution in [1.29, 1.82) is 0 Å². The largest absolute Gasteiger partial charge is 0.545 e. The smallest absolute Gasteiger partial charge is 0.145 e. The average Bonchev–Trinajstić information content (AvgIpc) is 2.66. The zero-order chi connectivity index (χ0) is 17.4. The highest BCUT2D eigenvalue weighted by molar-refractivity contribution is 6.06. The van der Waals surface area contributed by atoms with Crippen molar-refractivity contribution < 1.29 is 14.6 Å². The lowest BCUT2D eigenvalue weighted by Crippen LogP contribution is -2.22. The van der Waals surface area contributed by atoms with Crippen LogP contribution in [0.25, 0.3) is 32.9 Å². The van der Waals surface area contributed by atoms with Crippen LogP contribution in [0.2, 0.25) is 0 Å². The van der Waals surface area contributed by atoms with E-state index in [4.69, 9.17) is 9.72 Å². The highest BCUT2D eigenvalue weighted by atomic mass is 16.5. The maximum Gasteiger partial charge on any atom is 0.145 e. The molecule has 4 rings (SSSR count). The van der Waals surface area contributed by atoms with Gasteiger partial charge in [0, 0.05) is 16.5 Å². The first-order chi connectivity index (χ1) is 12.2. The Hall–Kier alpha value is -3.40. The van der Waals surface area contributed by atoms with Gasteiger partial charge in [0.05, 0.1) is 18.8 Å². The Morgan fingerprint density at radius 3 is 2.48 bits per heavy atom. The van der Waals surface area contributed by atoms with Crippen LogP contribution >= 0.6 is 0 Å². The van der Waals surface area contributed by atoms with Crippen LogP contribution in [0.1, 0.15) is 10.4 Å². The predicted molar refractivity (Wildman–Crippen MR) is 95.6 cm³/mol. The van der Waals surface area contributed by atoms with Crippen LogP contribution < -0.4 is 9.84 Å². The van der Waals surface area contributed by atoms with Crippen molar-refractivity contribution in [3.8, 4) is 17.0 Å². The highest BCUT2D eigenvalue weighted by Gasteiger charge is 2.13. The van der Waals surface area contributed by atoms with Crippen LogP contribution in [-0.2, 0) is 0 Å². The molecule has 4 nitrogen and oxygen atoms in total. The van der Waals surface area contributed by atoms with Crippen LogP contribution in [-0.4, -0.2) is 18.1 Å². The molecule has 4 heteroatoms. The number of aromatic nitrogens is 1. The zero-order valence-electron chi connectivity index (χ0n) is 13.5. The van der Waals surface area contributed by atoms with E-state index in [9.17, 15) is 9.90 Å². The molecule has 122 valence electrons. The number of pyridine rings is 1. The summed E-state index contributed by atoms with van der Waals surface area (Å²) in [6.45, 7) is 0. The number of para-hydroxylation sites is 1. The standard InChI is InChI=1S/C21H15NO3/c1-25-19-11-5-10-16-17(21(23)24)12-18(22-20(16)19)15-9-4-7-13-6-2-3-8-14(13)15/h2-12H,1H3,(H,23,24)/p-1. The molecule has 0 bridgehead atoms. The van der Waals surface area contributed by atoms with Gasteiger partial charge in [0.2, 0.25) is 0 Å². The van der Waals surface area contributed by atoms with Gasteiger partial charge in [0.25, 0.3) is 0 Å². The molecular weight excluding hydrogens is 314 g/mol. The number of hydrogen-bond acceptors (Lipinski definition) is 4. The molecule has 3 aromatic carbocycles. The van der Waals surface area contributed by atoms with E-state index in [1.165, 1.54) is 0 Å². The maximum atomic E-state index is 11.7. The fourth-order valence-corrected chi connectivity index (χ4v) is 3.14. The number of aromatic carboxylic acids is 1. The molecule has 0 atom stereocenters. The summed E-state index contributed by atoms with van der Waals surface area (Å²) in [5, 5.41) is 14.3. The van der Waals surface area contributed by atoms with Crippen molar-refractivity contribution in [2.75, 3.05) is 7.11 Å². The number of ether oxygens (including phenoxy) is 1. The molecule has 0 amide bonds. The number of carbonyl (C=O) groups excluding carboxylic acids is 1. The third kappa shape index (κ3) is 2.48. The Morgan fingerprint density at radius 2 is 1.68 bits per heavy atom. The van der Waals surface area contributed by atoms with Crippen molar-refractivity contribution in [1.82, 2.24) is 4.98 Å². The molecule has 0 fully saturated rings. The number of carboxylic acids is 1. The number of rotatable bonds is 3. The van der Waals surface area contributed by atoms with Gasteiger partial charge in [-0.15, -0.1) is 0 Å². The SMILES string of the molecule is COc1cccc2c(C(=O)[O-])cc(-c3cccc4ccccc34)nc12. The lowest BCUT2D eigenvalue weighted by atomic mass is 9.99. The molecule has 25 heavy (non-hydrogen) atoms. The summed E-state index contributed by atoms with van der Waals surface area (Å²) in [5.74, 6) is -0.704. The van der Waals surface area contributed by atoms with E-state index in [-0.39, 0.29) is 5.56 Å². The molecule has 4 aromatic rings. The Labute approximate surface area is 144 Å². The highest BCUT2D eigenvalue weighted by Crippen LogP contribution is 2.33. The number of fused-ring (bicyclic) bond motifs is 2. The van der Waals surface area contributed by atoms with E-state index in [1.807, 2.05) is 42.5 Å². The molecule has 1 aromatic heterocycles. The Balaban J connectivity index is 2.10. The molecule has 0 aliphatic carbocycles. The van der Waals surface area contributed by atoms with Crippen molar-refractivity contribution >= 4 is 27.6 Å². The first-order valence-corrected chi connectivity index (χ1v) is 7.86. The average molecular weight is 328 g/mol. The Bertz CT molecular complexity index is 1110.